The van der Waals surface area contributed by atoms with Crippen molar-refractivity contribution in [3.63, 3.8) is 0 Å². The third-order valence-corrected chi connectivity index (χ3v) is 2.26. The average Bonchev–Trinajstić information content (AvgIpc) is 2.04. The van der Waals surface area contributed by atoms with Crippen LogP contribution in [0.4, 0.5) is 0 Å². The fourth-order valence-electron chi connectivity index (χ4n) is 1.08. The third kappa shape index (κ3) is 1.96. The molecule has 0 radical (unpaired) electrons. The first-order valence-corrected chi connectivity index (χ1v) is 4.46. The Hall–Kier alpha value is -0.500. The van der Waals surface area contributed by atoms with Crippen LogP contribution in [0.15, 0.2) is 16.6 Å². The first-order chi connectivity index (χ1) is 5.27. The molecule has 2 heteroatoms. The molecule has 0 aromatic heterocycles. The number of allylic oxidation sites excluding steroid dienone is 1. The summed E-state index contributed by atoms with van der Waals surface area (Å²) < 4.78 is 0. The highest BCUT2D eigenvalue weighted by Gasteiger charge is 2.11. The maximum Gasteiger partial charge on any atom is 0.0847 e. The molecule has 1 unspecified atom stereocenters. The predicted molar refractivity (Wildman–Crippen MR) is 53.5 cm³/mol. The molecule has 0 N–H and O–H groups in total. The molecule has 1 nitrogen and oxygen atoms in total. The Kier molecular flexibility index (Phi) is 2.94. The lowest BCUT2D eigenvalue weighted by atomic mass is 10.0. The molecule has 1 rings (SSSR count). The van der Waals surface area contributed by atoms with Gasteiger partial charge in [0.15, 0.2) is 0 Å². The Morgan fingerprint density at radius 3 is 2.73 bits per heavy atom. The highest BCUT2D eigenvalue weighted by molar-refractivity contribution is 7.80. The number of hydrogen-bond donors (Lipinski definition) is 0. The first-order valence-electron chi connectivity index (χ1n) is 4.05. The molecule has 0 aromatic rings. The minimum atomic E-state index is 0.264. The summed E-state index contributed by atoms with van der Waals surface area (Å²) in [6, 6.07) is 0.264. The second-order valence-corrected chi connectivity index (χ2v) is 3.15. The Balaban J connectivity index is 2.71. The van der Waals surface area contributed by atoms with E-state index in [-0.39, 0.29) is 6.04 Å². The molecule has 0 saturated heterocycles. The molecule has 0 amide bonds. The van der Waals surface area contributed by atoms with E-state index in [0.29, 0.717) is 0 Å². The molecule has 0 aliphatic carbocycles. The van der Waals surface area contributed by atoms with E-state index >= 15 is 0 Å². The quantitative estimate of drug-likeness (QED) is 0.576. The van der Waals surface area contributed by atoms with Gasteiger partial charge in [0.05, 0.1) is 6.04 Å². The molecule has 0 bridgehead atoms. The molecule has 0 fully saturated rings. The smallest absolute Gasteiger partial charge is 0.0847 e. The van der Waals surface area contributed by atoms with E-state index in [1.54, 1.807) is 0 Å². The van der Waals surface area contributed by atoms with Gasteiger partial charge in [-0.1, -0.05) is 26.1 Å². The predicted octanol–water partition coefficient (Wildman–Crippen LogP) is 2.56. The second kappa shape index (κ2) is 3.77. The van der Waals surface area contributed by atoms with E-state index in [1.807, 2.05) is 6.21 Å². The van der Waals surface area contributed by atoms with Crippen molar-refractivity contribution in [2.24, 2.45) is 4.99 Å². The van der Waals surface area contributed by atoms with E-state index in [2.05, 4.69) is 24.9 Å². The van der Waals surface area contributed by atoms with Crippen molar-refractivity contribution >= 4 is 23.3 Å². The van der Waals surface area contributed by atoms with Gasteiger partial charge >= 0.3 is 0 Å². The SMILES string of the molecule is CCC1=CC(=S)C(CC)N=C1. The monoisotopic (exact) mass is 167 g/mol. The Bertz CT molecular complexity index is 216. The summed E-state index contributed by atoms with van der Waals surface area (Å²) in [5.74, 6) is 0. The van der Waals surface area contributed by atoms with Crippen molar-refractivity contribution in [3.05, 3.63) is 11.6 Å². The number of nitrogens with zero attached hydrogens (tertiary/aromatic N) is 1. The zero-order valence-electron chi connectivity index (χ0n) is 7.00. The van der Waals surface area contributed by atoms with Gasteiger partial charge in [0.2, 0.25) is 0 Å². The van der Waals surface area contributed by atoms with Gasteiger partial charge in [-0.05, 0) is 24.5 Å². The molecular formula is C9H13NS. The van der Waals surface area contributed by atoms with E-state index in [4.69, 9.17) is 12.2 Å². The lowest BCUT2D eigenvalue weighted by molar-refractivity contribution is 0.831. The summed E-state index contributed by atoms with van der Waals surface area (Å²) in [5.41, 5.74) is 1.25. The number of aliphatic imine (C=N–C) groups is 1. The lowest BCUT2D eigenvalue weighted by Crippen LogP contribution is -2.17. The summed E-state index contributed by atoms with van der Waals surface area (Å²) in [6.45, 7) is 4.23. The summed E-state index contributed by atoms with van der Waals surface area (Å²) in [5, 5.41) is 0. The molecule has 1 aliphatic rings. The third-order valence-electron chi connectivity index (χ3n) is 1.87. The van der Waals surface area contributed by atoms with Gasteiger partial charge in [0.1, 0.15) is 0 Å². The maximum absolute atomic E-state index is 5.18. The van der Waals surface area contributed by atoms with Gasteiger partial charge in [0, 0.05) is 11.1 Å². The van der Waals surface area contributed by atoms with E-state index < -0.39 is 0 Å². The molecule has 0 spiro atoms. The van der Waals surface area contributed by atoms with Crippen LogP contribution in [0.3, 0.4) is 0 Å². The van der Waals surface area contributed by atoms with Crippen LogP contribution < -0.4 is 0 Å². The van der Waals surface area contributed by atoms with Crippen molar-refractivity contribution in [2.75, 3.05) is 0 Å². The van der Waals surface area contributed by atoms with Crippen molar-refractivity contribution in [1.82, 2.24) is 0 Å². The molecule has 0 aromatic carbocycles. The molecule has 1 aliphatic heterocycles. The topological polar surface area (TPSA) is 12.4 Å². The van der Waals surface area contributed by atoms with Gasteiger partial charge in [-0.25, -0.2) is 0 Å². The molecule has 11 heavy (non-hydrogen) atoms. The van der Waals surface area contributed by atoms with Crippen LogP contribution >= 0.6 is 12.2 Å². The zero-order valence-corrected chi connectivity index (χ0v) is 7.82. The molecule has 60 valence electrons. The number of hydrogen-bond acceptors (Lipinski definition) is 2. The van der Waals surface area contributed by atoms with Gasteiger partial charge in [-0.3, -0.25) is 4.99 Å². The van der Waals surface area contributed by atoms with Crippen LogP contribution in [-0.4, -0.2) is 17.1 Å². The lowest BCUT2D eigenvalue weighted by Gasteiger charge is -2.13. The van der Waals surface area contributed by atoms with Crippen LogP contribution in [0.2, 0.25) is 0 Å². The van der Waals surface area contributed by atoms with Crippen LogP contribution in [0.1, 0.15) is 26.7 Å². The van der Waals surface area contributed by atoms with E-state index in [9.17, 15) is 0 Å². The molecule has 1 heterocycles. The van der Waals surface area contributed by atoms with Crippen molar-refractivity contribution in [3.8, 4) is 0 Å². The summed E-state index contributed by atoms with van der Waals surface area (Å²) in [7, 11) is 0. The normalized spacial score (nSPS) is 23.6. The van der Waals surface area contributed by atoms with Crippen molar-refractivity contribution in [2.45, 2.75) is 32.7 Å². The van der Waals surface area contributed by atoms with Gasteiger partial charge in [-0.15, -0.1) is 0 Å². The number of thiocarbonyl (C=S) groups is 1. The summed E-state index contributed by atoms with van der Waals surface area (Å²) in [4.78, 5) is 5.34. The Morgan fingerprint density at radius 2 is 2.27 bits per heavy atom. The van der Waals surface area contributed by atoms with Crippen LogP contribution in [0.25, 0.3) is 0 Å². The van der Waals surface area contributed by atoms with E-state index in [0.717, 1.165) is 17.7 Å². The van der Waals surface area contributed by atoms with Crippen LogP contribution in [-0.2, 0) is 0 Å². The second-order valence-electron chi connectivity index (χ2n) is 2.68. The maximum atomic E-state index is 5.18. The molecular weight excluding hydrogens is 154 g/mol. The van der Waals surface area contributed by atoms with Gasteiger partial charge in [-0.2, -0.15) is 0 Å². The van der Waals surface area contributed by atoms with Crippen molar-refractivity contribution in [1.29, 1.82) is 0 Å². The van der Waals surface area contributed by atoms with Crippen molar-refractivity contribution < 1.29 is 0 Å². The largest absolute Gasteiger partial charge is 0.284 e. The number of dihydropyridines is 1. The Morgan fingerprint density at radius 1 is 1.55 bits per heavy atom. The van der Waals surface area contributed by atoms with Crippen LogP contribution in [0.5, 0.6) is 0 Å². The van der Waals surface area contributed by atoms with E-state index in [1.165, 1.54) is 5.57 Å². The Labute approximate surface area is 73.2 Å². The molecule has 0 saturated carbocycles. The highest BCUT2D eigenvalue weighted by atomic mass is 32.1. The zero-order chi connectivity index (χ0) is 8.27. The van der Waals surface area contributed by atoms with Crippen LogP contribution in [0, 0.1) is 0 Å². The number of rotatable bonds is 2. The van der Waals surface area contributed by atoms with Gasteiger partial charge < -0.3 is 0 Å². The fourth-order valence-corrected chi connectivity index (χ4v) is 1.45. The summed E-state index contributed by atoms with van der Waals surface area (Å²) >= 11 is 5.18. The minimum absolute atomic E-state index is 0.264. The fraction of sp³-hybridized carbons (Fsp3) is 0.556. The summed E-state index contributed by atoms with van der Waals surface area (Å²) in [6.07, 6.45) is 6.07. The minimum Gasteiger partial charge on any atom is -0.284 e. The first kappa shape index (κ1) is 8.60. The average molecular weight is 167 g/mol. The highest BCUT2D eigenvalue weighted by Crippen LogP contribution is 2.11. The molecule has 1 atom stereocenters. The van der Waals surface area contributed by atoms with Gasteiger partial charge in [0.25, 0.3) is 0 Å². The standard InChI is InChI=1S/C9H13NS/c1-3-7-5-9(11)8(4-2)10-6-7/h5-6,8H,3-4H2,1-2H3.